The molecule has 20 heavy (non-hydrogen) atoms. The van der Waals surface area contributed by atoms with Crippen molar-refractivity contribution in [1.82, 2.24) is 10.3 Å². The lowest BCUT2D eigenvalue weighted by atomic mass is 10.1. The van der Waals surface area contributed by atoms with Crippen LogP contribution < -0.4 is 5.32 Å². The molecular formula is C16H15ClN2O. The summed E-state index contributed by atoms with van der Waals surface area (Å²) in [5.41, 5.74) is 2.07. The third kappa shape index (κ3) is 2.55. The summed E-state index contributed by atoms with van der Waals surface area (Å²) >= 11 is 6.20. The molecule has 0 unspecified atom stereocenters. The van der Waals surface area contributed by atoms with Gasteiger partial charge in [-0.2, -0.15) is 0 Å². The Hall–Kier alpha value is -1.84. The van der Waals surface area contributed by atoms with Gasteiger partial charge in [0.2, 0.25) is 0 Å². The molecule has 0 aliphatic heterocycles. The van der Waals surface area contributed by atoms with Crippen LogP contribution in [0.3, 0.4) is 0 Å². The lowest BCUT2D eigenvalue weighted by molar-refractivity contribution is 0.430. The zero-order valence-electron chi connectivity index (χ0n) is 11.1. The van der Waals surface area contributed by atoms with Gasteiger partial charge in [-0.1, -0.05) is 17.7 Å². The molecule has 0 aliphatic rings. The summed E-state index contributed by atoms with van der Waals surface area (Å²) in [6.45, 7) is 2.79. The highest BCUT2D eigenvalue weighted by Gasteiger charge is 2.10. The molecule has 1 aromatic carbocycles. The molecule has 3 aromatic rings. The number of hydrogen-bond donors (Lipinski definition) is 1. The maximum absolute atomic E-state index is 6.20. The van der Waals surface area contributed by atoms with Gasteiger partial charge in [-0.25, -0.2) is 0 Å². The van der Waals surface area contributed by atoms with Crippen molar-refractivity contribution >= 4 is 22.5 Å². The van der Waals surface area contributed by atoms with Gasteiger partial charge in [-0.05, 0) is 42.8 Å². The summed E-state index contributed by atoms with van der Waals surface area (Å²) in [5, 5.41) is 5.15. The van der Waals surface area contributed by atoms with Crippen molar-refractivity contribution in [3.63, 3.8) is 0 Å². The lowest BCUT2D eigenvalue weighted by Crippen LogP contribution is -2.17. The standard InChI is InChI=1S/C16H15ClN2O/c1-11(15-5-3-9-20-15)19-10-12-6-7-14(17)13-4-2-8-18-16(12)13/h2-9,11,19H,10H2,1H3/t11-/m0/s1. The van der Waals surface area contributed by atoms with Crippen LogP contribution in [0.1, 0.15) is 24.3 Å². The molecule has 2 aromatic heterocycles. The number of benzene rings is 1. The molecule has 0 saturated heterocycles. The van der Waals surface area contributed by atoms with E-state index in [2.05, 4.69) is 17.2 Å². The molecule has 4 heteroatoms. The Balaban J connectivity index is 1.83. The van der Waals surface area contributed by atoms with Crippen molar-refractivity contribution in [2.75, 3.05) is 0 Å². The Morgan fingerprint density at radius 1 is 1.25 bits per heavy atom. The van der Waals surface area contributed by atoms with Crippen molar-refractivity contribution in [2.24, 2.45) is 0 Å². The second-order valence-corrected chi connectivity index (χ2v) is 5.13. The van der Waals surface area contributed by atoms with Gasteiger partial charge in [-0.15, -0.1) is 0 Å². The van der Waals surface area contributed by atoms with Crippen LogP contribution in [0.15, 0.2) is 53.3 Å². The zero-order chi connectivity index (χ0) is 13.9. The van der Waals surface area contributed by atoms with Crippen molar-refractivity contribution in [3.05, 3.63) is 65.2 Å². The number of aromatic nitrogens is 1. The average Bonchev–Trinajstić information content (AvgIpc) is 3.01. The number of hydrogen-bond acceptors (Lipinski definition) is 3. The second-order valence-electron chi connectivity index (χ2n) is 4.72. The summed E-state index contributed by atoms with van der Waals surface area (Å²) in [6.07, 6.45) is 3.48. The van der Waals surface area contributed by atoms with E-state index in [-0.39, 0.29) is 6.04 Å². The SMILES string of the molecule is C[C@H](NCc1ccc(Cl)c2cccnc12)c1ccco1. The Morgan fingerprint density at radius 3 is 2.95 bits per heavy atom. The minimum Gasteiger partial charge on any atom is -0.468 e. The third-order valence-electron chi connectivity index (χ3n) is 3.37. The number of fused-ring (bicyclic) bond motifs is 1. The molecule has 2 heterocycles. The number of rotatable bonds is 4. The summed E-state index contributed by atoms with van der Waals surface area (Å²) in [5.74, 6) is 0.927. The first-order chi connectivity index (χ1) is 9.75. The average molecular weight is 287 g/mol. The summed E-state index contributed by atoms with van der Waals surface area (Å²) in [7, 11) is 0. The van der Waals surface area contributed by atoms with Crippen molar-refractivity contribution in [3.8, 4) is 0 Å². The maximum Gasteiger partial charge on any atom is 0.120 e. The summed E-state index contributed by atoms with van der Waals surface area (Å²) in [6, 6.07) is 11.8. The highest BCUT2D eigenvalue weighted by molar-refractivity contribution is 6.35. The van der Waals surface area contributed by atoms with Gasteiger partial charge >= 0.3 is 0 Å². The molecular weight excluding hydrogens is 272 g/mol. The molecule has 102 valence electrons. The van der Waals surface area contributed by atoms with Gasteiger partial charge in [0, 0.05) is 23.2 Å². The quantitative estimate of drug-likeness (QED) is 0.775. The highest BCUT2D eigenvalue weighted by Crippen LogP contribution is 2.25. The molecule has 0 spiro atoms. The first-order valence-electron chi connectivity index (χ1n) is 6.54. The maximum atomic E-state index is 6.20. The van der Waals surface area contributed by atoms with Crippen LogP contribution in [0, 0.1) is 0 Å². The molecule has 1 atom stereocenters. The molecule has 0 aliphatic carbocycles. The molecule has 0 amide bonds. The normalized spacial score (nSPS) is 12.7. The van der Waals surface area contributed by atoms with Gasteiger partial charge in [0.15, 0.2) is 0 Å². The van der Waals surface area contributed by atoms with Crippen LogP contribution in [0.5, 0.6) is 0 Å². The number of nitrogens with one attached hydrogen (secondary N) is 1. The summed E-state index contributed by atoms with van der Waals surface area (Å²) < 4.78 is 5.39. The first kappa shape index (κ1) is 13.2. The number of furan rings is 1. The fraction of sp³-hybridized carbons (Fsp3) is 0.188. The largest absolute Gasteiger partial charge is 0.468 e. The third-order valence-corrected chi connectivity index (χ3v) is 3.70. The Labute approximate surface area is 122 Å². The first-order valence-corrected chi connectivity index (χ1v) is 6.92. The minimum atomic E-state index is 0.152. The summed E-state index contributed by atoms with van der Waals surface area (Å²) in [4.78, 5) is 4.43. The van der Waals surface area contributed by atoms with E-state index in [1.165, 1.54) is 0 Å². The highest BCUT2D eigenvalue weighted by atomic mass is 35.5. The molecule has 1 N–H and O–H groups in total. The second kappa shape index (κ2) is 5.65. The molecule has 0 radical (unpaired) electrons. The number of nitrogens with zero attached hydrogens (tertiary/aromatic N) is 1. The van der Waals surface area contributed by atoms with E-state index in [9.17, 15) is 0 Å². The topological polar surface area (TPSA) is 38.1 Å². The molecule has 0 bridgehead atoms. The zero-order valence-corrected chi connectivity index (χ0v) is 11.9. The van der Waals surface area contributed by atoms with E-state index < -0.39 is 0 Å². The van der Waals surface area contributed by atoms with Crippen molar-refractivity contribution in [2.45, 2.75) is 19.5 Å². The predicted octanol–water partition coefficient (Wildman–Crippen LogP) is 4.33. The van der Waals surface area contributed by atoms with Gasteiger partial charge in [0.25, 0.3) is 0 Å². The van der Waals surface area contributed by atoms with Crippen LogP contribution >= 0.6 is 11.6 Å². The van der Waals surface area contributed by atoms with E-state index in [4.69, 9.17) is 16.0 Å². The van der Waals surface area contributed by atoms with Crippen molar-refractivity contribution < 1.29 is 4.42 Å². The van der Waals surface area contributed by atoms with Gasteiger partial charge < -0.3 is 9.73 Å². The molecule has 3 rings (SSSR count). The monoisotopic (exact) mass is 286 g/mol. The number of pyridine rings is 1. The van der Waals surface area contributed by atoms with E-state index in [1.54, 1.807) is 12.5 Å². The van der Waals surface area contributed by atoms with Gasteiger partial charge in [0.05, 0.1) is 17.8 Å². The van der Waals surface area contributed by atoms with Crippen LogP contribution in [-0.2, 0) is 6.54 Å². The van der Waals surface area contributed by atoms with Gasteiger partial charge in [0.1, 0.15) is 5.76 Å². The van der Waals surface area contributed by atoms with E-state index in [1.807, 2.05) is 36.4 Å². The Kier molecular flexibility index (Phi) is 3.72. The lowest BCUT2D eigenvalue weighted by Gasteiger charge is -2.13. The van der Waals surface area contributed by atoms with Crippen molar-refractivity contribution in [1.29, 1.82) is 0 Å². The van der Waals surface area contributed by atoms with Crippen LogP contribution in [0.4, 0.5) is 0 Å². The smallest absolute Gasteiger partial charge is 0.120 e. The van der Waals surface area contributed by atoms with Crippen LogP contribution in [-0.4, -0.2) is 4.98 Å². The van der Waals surface area contributed by atoms with E-state index >= 15 is 0 Å². The van der Waals surface area contributed by atoms with Crippen LogP contribution in [0.25, 0.3) is 10.9 Å². The van der Waals surface area contributed by atoms with E-state index in [0.717, 1.165) is 27.2 Å². The minimum absolute atomic E-state index is 0.152. The molecule has 0 saturated carbocycles. The predicted molar refractivity (Wildman–Crippen MR) is 80.7 cm³/mol. The van der Waals surface area contributed by atoms with Gasteiger partial charge in [-0.3, -0.25) is 4.98 Å². The Bertz CT molecular complexity index is 710. The molecule has 3 nitrogen and oxygen atoms in total. The van der Waals surface area contributed by atoms with E-state index in [0.29, 0.717) is 6.54 Å². The fourth-order valence-corrected chi connectivity index (χ4v) is 2.46. The Morgan fingerprint density at radius 2 is 2.15 bits per heavy atom. The fourth-order valence-electron chi connectivity index (χ4n) is 2.24. The number of halogens is 1. The van der Waals surface area contributed by atoms with Crippen LogP contribution in [0.2, 0.25) is 5.02 Å². The molecule has 0 fully saturated rings.